The summed E-state index contributed by atoms with van der Waals surface area (Å²) in [5.74, 6) is 0.342. The molecule has 1 N–H and O–H groups in total. The van der Waals surface area contributed by atoms with E-state index < -0.39 is 0 Å². The number of nitrogens with one attached hydrogen (secondary N) is 1. The van der Waals surface area contributed by atoms with Gasteiger partial charge < -0.3 is 14.8 Å². The van der Waals surface area contributed by atoms with Crippen LogP contribution in [0, 0.1) is 5.92 Å². The molecule has 2 rings (SSSR count). The molecule has 2 aliphatic rings. The molecule has 4 heteroatoms. The molecule has 1 atom stereocenters. The first-order valence-electron chi connectivity index (χ1n) is 6.07. The lowest BCUT2D eigenvalue weighted by Crippen LogP contribution is -2.52. The van der Waals surface area contributed by atoms with E-state index in [2.05, 4.69) is 5.32 Å². The van der Waals surface area contributed by atoms with E-state index in [0.717, 1.165) is 32.2 Å². The van der Waals surface area contributed by atoms with Crippen molar-refractivity contribution in [1.29, 1.82) is 0 Å². The van der Waals surface area contributed by atoms with Crippen molar-refractivity contribution in [3.63, 3.8) is 0 Å². The molecule has 0 aliphatic heterocycles. The predicted molar refractivity (Wildman–Crippen MR) is 60.1 cm³/mol. The number of methoxy groups -OCH3 is 2. The Hall–Kier alpha value is -0.610. The monoisotopic (exact) mass is 227 g/mol. The molecule has 16 heavy (non-hydrogen) atoms. The average molecular weight is 227 g/mol. The van der Waals surface area contributed by atoms with Gasteiger partial charge in [-0.05, 0) is 38.0 Å². The zero-order chi connectivity index (χ0) is 11.6. The molecule has 0 heterocycles. The zero-order valence-corrected chi connectivity index (χ0v) is 10.1. The van der Waals surface area contributed by atoms with Gasteiger partial charge in [0.2, 0.25) is 0 Å². The predicted octanol–water partition coefficient (Wildman–Crippen LogP) is 1.10. The molecular formula is C12H21NO3. The maximum absolute atomic E-state index is 11.6. The van der Waals surface area contributed by atoms with Gasteiger partial charge in [-0.25, -0.2) is 0 Å². The van der Waals surface area contributed by atoms with Crippen LogP contribution in [0.3, 0.4) is 0 Å². The van der Waals surface area contributed by atoms with Crippen molar-refractivity contribution >= 4 is 5.97 Å². The minimum Gasteiger partial charge on any atom is -0.468 e. The Morgan fingerprint density at radius 1 is 1.44 bits per heavy atom. The summed E-state index contributed by atoms with van der Waals surface area (Å²) >= 11 is 0. The molecule has 2 aliphatic carbocycles. The van der Waals surface area contributed by atoms with Crippen LogP contribution in [0.1, 0.15) is 32.1 Å². The first kappa shape index (κ1) is 11.9. The maximum Gasteiger partial charge on any atom is 0.323 e. The lowest BCUT2D eigenvalue weighted by Gasteiger charge is -2.41. The van der Waals surface area contributed by atoms with Gasteiger partial charge >= 0.3 is 5.97 Å². The van der Waals surface area contributed by atoms with Gasteiger partial charge in [0, 0.05) is 13.7 Å². The van der Waals surface area contributed by atoms with E-state index >= 15 is 0 Å². The third kappa shape index (κ3) is 2.38. The molecule has 4 nitrogen and oxygen atoms in total. The van der Waals surface area contributed by atoms with Gasteiger partial charge in [-0.15, -0.1) is 0 Å². The second-order valence-electron chi connectivity index (χ2n) is 4.96. The Labute approximate surface area is 96.7 Å². The Morgan fingerprint density at radius 2 is 2.12 bits per heavy atom. The SMILES string of the molecule is COC(=O)C(NCC1(OC)CCC1)C1CC1. The molecule has 2 fully saturated rings. The summed E-state index contributed by atoms with van der Waals surface area (Å²) in [5.41, 5.74) is -0.0266. The van der Waals surface area contributed by atoms with Crippen molar-refractivity contribution in [2.45, 2.75) is 43.7 Å². The maximum atomic E-state index is 11.6. The summed E-state index contributed by atoms with van der Waals surface area (Å²) in [7, 11) is 3.21. The summed E-state index contributed by atoms with van der Waals surface area (Å²) in [6.07, 6.45) is 5.67. The lowest BCUT2D eigenvalue weighted by atomic mass is 9.80. The van der Waals surface area contributed by atoms with Gasteiger partial charge in [-0.3, -0.25) is 4.79 Å². The van der Waals surface area contributed by atoms with E-state index in [-0.39, 0.29) is 17.6 Å². The quantitative estimate of drug-likeness (QED) is 0.690. The Balaban J connectivity index is 1.83. The van der Waals surface area contributed by atoms with Crippen LogP contribution >= 0.6 is 0 Å². The van der Waals surface area contributed by atoms with Gasteiger partial charge in [-0.1, -0.05) is 0 Å². The molecule has 0 aromatic rings. The van der Waals surface area contributed by atoms with Crippen molar-refractivity contribution < 1.29 is 14.3 Å². The minimum absolute atomic E-state index is 0.0266. The Kier molecular flexibility index (Phi) is 3.50. The minimum atomic E-state index is -0.131. The summed E-state index contributed by atoms with van der Waals surface area (Å²) in [6, 6.07) is -0.127. The fourth-order valence-electron chi connectivity index (χ4n) is 2.32. The molecule has 0 aromatic heterocycles. The highest BCUT2D eigenvalue weighted by Gasteiger charge is 2.41. The van der Waals surface area contributed by atoms with E-state index in [4.69, 9.17) is 9.47 Å². The summed E-state index contributed by atoms with van der Waals surface area (Å²) in [4.78, 5) is 11.6. The lowest BCUT2D eigenvalue weighted by molar-refractivity contribution is -0.144. The summed E-state index contributed by atoms with van der Waals surface area (Å²) in [6.45, 7) is 0.764. The van der Waals surface area contributed by atoms with Crippen molar-refractivity contribution in [1.82, 2.24) is 5.32 Å². The van der Waals surface area contributed by atoms with Gasteiger partial charge in [0.1, 0.15) is 6.04 Å². The second-order valence-corrected chi connectivity index (χ2v) is 4.96. The van der Waals surface area contributed by atoms with Crippen LogP contribution in [0.4, 0.5) is 0 Å². The molecule has 0 bridgehead atoms. The third-order valence-corrected chi connectivity index (χ3v) is 3.89. The average Bonchev–Trinajstić information content (AvgIpc) is 3.05. The van der Waals surface area contributed by atoms with Crippen molar-refractivity contribution in [3.05, 3.63) is 0 Å². The zero-order valence-electron chi connectivity index (χ0n) is 10.1. The van der Waals surface area contributed by atoms with E-state index in [9.17, 15) is 4.79 Å². The molecule has 92 valence electrons. The van der Waals surface area contributed by atoms with E-state index in [0.29, 0.717) is 5.92 Å². The first-order chi connectivity index (χ1) is 7.71. The number of hydrogen-bond donors (Lipinski definition) is 1. The fourth-order valence-corrected chi connectivity index (χ4v) is 2.32. The van der Waals surface area contributed by atoms with Crippen LogP contribution in [0.15, 0.2) is 0 Å². The second kappa shape index (κ2) is 4.72. The van der Waals surface area contributed by atoms with Crippen LogP contribution in [0.2, 0.25) is 0 Å². The van der Waals surface area contributed by atoms with Crippen molar-refractivity contribution in [3.8, 4) is 0 Å². The van der Waals surface area contributed by atoms with Crippen LogP contribution in [-0.2, 0) is 14.3 Å². The molecule has 1 unspecified atom stereocenters. The highest BCUT2D eigenvalue weighted by molar-refractivity contribution is 5.76. The third-order valence-electron chi connectivity index (χ3n) is 3.89. The van der Waals surface area contributed by atoms with Crippen molar-refractivity contribution in [2.24, 2.45) is 5.92 Å². The number of esters is 1. The highest BCUT2D eigenvalue weighted by Crippen LogP contribution is 2.36. The standard InChI is InChI=1S/C12H21NO3/c1-15-11(14)10(9-4-5-9)13-8-12(16-2)6-3-7-12/h9-10,13H,3-8H2,1-2H3. The Morgan fingerprint density at radius 3 is 2.50 bits per heavy atom. The number of rotatable bonds is 6. The molecular weight excluding hydrogens is 206 g/mol. The van der Waals surface area contributed by atoms with Crippen LogP contribution in [0.5, 0.6) is 0 Å². The number of carbonyl (C=O) groups excluding carboxylic acids is 1. The highest BCUT2D eigenvalue weighted by atomic mass is 16.5. The number of hydrogen-bond acceptors (Lipinski definition) is 4. The molecule has 0 spiro atoms. The fraction of sp³-hybridized carbons (Fsp3) is 0.917. The van der Waals surface area contributed by atoms with Gasteiger partial charge in [0.15, 0.2) is 0 Å². The van der Waals surface area contributed by atoms with Gasteiger partial charge in [0.05, 0.1) is 12.7 Å². The molecule has 0 amide bonds. The molecule has 0 saturated heterocycles. The topological polar surface area (TPSA) is 47.6 Å². The molecule has 2 saturated carbocycles. The smallest absolute Gasteiger partial charge is 0.323 e. The number of carbonyl (C=O) groups is 1. The van der Waals surface area contributed by atoms with E-state index in [1.54, 1.807) is 7.11 Å². The van der Waals surface area contributed by atoms with Crippen LogP contribution in [0.25, 0.3) is 0 Å². The van der Waals surface area contributed by atoms with E-state index in [1.807, 2.05) is 0 Å². The van der Waals surface area contributed by atoms with Crippen molar-refractivity contribution in [2.75, 3.05) is 20.8 Å². The molecule has 0 radical (unpaired) electrons. The first-order valence-corrected chi connectivity index (χ1v) is 6.07. The van der Waals surface area contributed by atoms with Crippen LogP contribution in [-0.4, -0.2) is 38.4 Å². The Bertz CT molecular complexity index is 253. The molecule has 0 aromatic carbocycles. The van der Waals surface area contributed by atoms with E-state index in [1.165, 1.54) is 13.5 Å². The van der Waals surface area contributed by atoms with Gasteiger partial charge in [-0.2, -0.15) is 0 Å². The summed E-state index contributed by atoms with van der Waals surface area (Å²) < 4.78 is 10.3. The largest absolute Gasteiger partial charge is 0.468 e. The van der Waals surface area contributed by atoms with Gasteiger partial charge in [0.25, 0.3) is 0 Å². The number of ether oxygens (including phenoxy) is 2. The summed E-state index contributed by atoms with van der Waals surface area (Å²) in [5, 5.41) is 3.33. The van der Waals surface area contributed by atoms with Crippen LogP contribution < -0.4 is 5.32 Å². The normalized spacial score (nSPS) is 24.6.